The second-order valence-corrected chi connectivity index (χ2v) is 14.6. The Morgan fingerprint density at radius 3 is 0.549 bits per heavy atom. The van der Waals surface area contributed by atoms with Crippen molar-refractivity contribution in [1.29, 1.82) is 0 Å². The van der Waals surface area contributed by atoms with Crippen LogP contribution in [0.25, 0.3) is 0 Å². The number of rotatable bonds is 0. The molecule has 0 saturated heterocycles. The molecule has 13 aromatic rings. The summed E-state index contributed by atoms with van der Waals surface area (Å²) in [6, 6.07) is 38.8. The van der Waals surface area contributed by atoms with Crippen molar-refractivity contribution in [2.75, 3.05) is 0 Å². The van der Waals surface area contributed by atoms with Crippen LogP contribution >= 0.6 is 22.7 Å². The quantitative estimate of drug-likeness (QED) is 0.140. The number of benzene rings is 1. The van der Waals surface area contributed by atoms with Crippen LogP contribution in [0.15, 0.2) is 320 Å². The molecule has 0 fully saturated rings. The van der Waals surface area contributed by atoms with Gasteiger partial charge in [-0.25, -0.2) is 24.9 Å². The van der Waals surface area contributed by atoms with E-state index >= 15 is 0 Å². The van der Waals surface area contributed by atoms with E-state index in [9.17, 15) is 0 Å². The number of hydrogen-bond donors (Lipinski definition) is 0. The number of thiazole rings is 1. The van der Waals surface area contributed by atoms with Gasteiger partial charge < -0.3 is 27.1 Å². The number of imidazole rings is 2. The molecular weight excluding hydrogens is 1540 g/mol. The summed E-state index contributed by atoms with van der Waals surface area (Å²) in [7, 11) is 7.88. The highest BCUT2D eigenvalue weighted by Gasteiger charge is 1.72. The van der Waals surface area contributed by atoms with Gasteiger partial charge >= 0.3 is 0 Å². The SMILES string of the molecule is CC.CC.CC.CC.CC.CC.CC.CC.CC.CC.CC.CC.CC.CC.CC.CC.CC.CC.CC.CC.CC.CC.CC.CC.Cn1cccc1.Cn1cccc1.Cn1ccnc1.Cn1ccnc1.c1ccccc1.c1ccncc1.c1ccnnc1.c1ccoc1.c1ccsc1.c1cnccn1.c1cncnc1.c1cocn1.c1cscn1. The first-order chi connectivity index (χ1) is 60.6. The zero-order chi connectivity index (χ0) is 101. The van der Waals surface area contributed by atoms with Crippen LogP contribution in [0.2, 0.25) is 0 Å². The first kappa shape index (κ1) is 179. The minimum Gasteiger partial charge on any atom is -0.473 e. The summed E-state index contributed by atoms with van der Waals surface area (Å²) in [6.45, 7) is 96.0. The lowest BCUT2D eigenvalue weighted by molar-refractivity contribution is 0.558. The van der Waals surface area contributed by atoms with Crippen molar-refractivity contribution in [1.82, 2.24) is 73.3 Å². The summed E-state index contributed by atoms with van der Waals surface area (Å²) < 4.78 is 16.8. The van der Waals surface area contributed by atoms with E-state index in [1.807, 2.05) is 547 Å². The van der Waals surface area contributed by atoms with E-state index in [-0.39, 0.29) is 0 Å². The van der Waals surface area contributed by atoms with Gasteiger partial charge in [-0.15, -0.1) is 11.3 Å². The lowest BCUT2D eigenvalue weighted by Crippen LogP contribution is -1.76. The maximum Gasteiger partial charge on any atom is 0.180 e. The van der Waals surface area contributed by atoms with Crippen molar-refractivity contribution < 1.29 is 8.83 Å². The van der Waals surface area contributed by atoms with Gasteiger partial charge in [0.2, 0.25) is 0 Å². The lowest BCUT2D eigenvalue weighted by atomic mass is 10.4. The maximum absolute atomic E-state index is 4.58. The Hall–Kier alpha value is -9.59. The molecule has 0 radical (unpaired) electrons. The monoisotopic (exact) mass is 1750 g/mol. The number of nitrogens with zero attached hydrogens (tertiary/aromatic N) is 15. The number of hydrogen-bond acceptors (Lipinski definition) is 15. The van der Waals surface area contributed by atoms with Crippen molar-refractivity contribution in [3.8, 4) is 0 Å². The molecule has 0 atom stereocenters. The van der Waals surface area contributed by atoms with E-state index in [2.05, 4.69) is 63.9 Å². The maximum atomic E-state index is 4.58. The number of oxazole rings is 1. The molecule has 1 aromatic carbocycles. The highest BCUT2D eigenvalue weighted by Crippen LogP contribution is 1.92. The second kappa shape index (κ2) is 290. The van der Waals surface area contributed by atoms with Gasteiger partial charge in [-0.2, -0.15) is 21.5 Å². The van der Waals surface area contributed by atoms with Gasteiger partial charge in [0.1, 0.15) is 12.6 Å². The van der Waals surface area contributed by atoms with Gasteiger partial charge in [-0.1, -0.05) is 387 Å². The van der Waals surface area contributed by atoms with Crippen molar-refractivity contribution in [2.45, 2.75) is 332 Å². The largest absolute Gasteiger partial charge is 0.473 e. The van der Waals surface area contributed by atoms with Gasteiger partial charge in [0.15, 0.2) is 6.39 Å². The van der Waals surface area contributed by atoms with Crippen LogP contribution in [0.4, 0.5) is 0 Å². The fraction of sp³-hybridized carbons (Fsp3) is 0.505. The molecule has 0 saturated carbocycles. The van der Waals surface area contributed by atoms with E-state index in [0.717, 1.165) is 0 Å². The Labute approximate surface area is 771 Å². The predicted molar refractivity (Wildman–Crippen MR) is 568 cm³/mol. The molecule has 13 rings (SSSR count). The molecule has 19 heteroatoms. The Morgan fingerprint density at radius 2 is 0.459 bits per heavy atom. The summed E-state index contributed by atoms with van der Waals surface area (Å²) in [5.41, 5.74) is 1.79. The molecule has 12 heterocycles. The first-order valence-electron chi connectivity index (χ1n) is 46.1. The fourth-order valence-electron chi connectivity index (χ4n) is 3.76. The number of furan rings is 1. The highest BCUT2D eigenvalue weighted by atomic mass is 32.1. The standard InChI is InChI=1S/C6H6.2C5H7N.C5H5N.2C4H6N2.3C4H4N2.C4H4O.C4H4S.C3H3NO.C3H3NS.24C2H6/c1-2-4-6-5-3-1;2*1-6-4-2-3-5-6;1-2-4-6-5-3-1;2*1-6-3-2-5-4-6;1-2-6-4-3-5-1;1-2-5-4-6-3-1;1-2-4-6-5-3-1;2*1-2-4-5-3-1;2*1-2-5-3-4-1;24*1-2/h1-6H;2*2-5H,1H3;1-5H;2*2-4H,1H3;3*1-4H;2*1-4H;2*1-3H;24*1-2H3. The normalized spacial score (nSPS) is 6.20. The van der Waals surface area contributed by atoms with Crippen molar-refractivity contribution in [3.05, 3.63) is 311 Å². The van der Waals surface area contributed by atoms with Crippen molar-refractivity contribution in [2.24, 2.45) is 28.2 Å². The molecule has 122 heavy (non-hydrogen) atoms. The molecule has 0 amide bonds. The third kappa shape index (κ3) is 282. The number of thiophene rings is 1. The average Bonchev–Trinajstić information content (AvgIpc) is 1.92. The fourth-order valence-corrected chi connectivity index (χ4v) is 4.56. The Bertz CT molecular complexity index is 2120. The third-order valence-electron chi connectivity index (χ3n) is 7.00. The smallest absolute Gasteiger partial charge is 0.180 e. The van der Waals surface area contributed by atoms with Gasteiger partial charge in [0, 0.05) is 151 Å². The van der Waals surface area contributed by atoms with Gasteiger partial charge in [0.05, 0.1) is 36.9 Å². The van der Waals surface area contributed by atoms with E-state index in [1.165, 1.54) is 19.0 Å². The van der Waals surface area contributed by atoms with Gasteiger partial charge in [-0.3, -0.25) is 19.9 Å². The third-order valence-corrected chi connectivity index (χ3v) is 8.15. The number of pyridine rings is 1. The summed E-state index contributed by atoms with van der Waals surface area (Å²) in [6.07, 6.45) is 46.5. The van der Waals surface area contributed by atoms with Gasteiger partial charge in [0.25, 0.3) is 0 Å². The zero-order valence-electron chi connectivity index (χ0n) is 89.8. The summed E-state index contributed by atoms with van der Waals surface area (Å²) in [4.78, 5) is 33.4. The molecule has 0 aliphatic rings. The van der Waals surface area contributed by atoms with Crippen LogP contribution in [0, 0.1) is 0 Å². The summed E-state index contributed by atoms with van der Waals surface area (Å²) in [5, 5.41) is 13.1. The summed E-state index contributed by atoms with van der Waals surface area (Å²) in [5.74, 6) is 0. The van der Waals surface area contributed by atoms with E-state index in [0.29, 0.717) is 0 Å². The molecule has 0 bridgehead atoms. The van der Waals surface area contributed by atoms with Crippen LogP contribution in [-0.4, -0.2) is 73.3 Å². The van der Waals surface area contributed by atoms with Crippen LogP contribution in [0.3, 0.4) is 0 Å². The van der Waals surface area contributed by atoms with Crippen LogP contribution < -0.4 is 0 Å². The molecule has 17 nitrogen and oxygen atoms in total. The molecule has 12 aromatic heterocycles. The van der Waals surface area contributed by atoms with Crippen molar-refractivity contribution in [3.63, 3.8) is 0 Å². The van der Waals surface area contributed by atoms with E-state index in [1.54, 1.807) is 146 Å². The molecular formula is C103H207N15O2S2. The van der Waals surface area contributed by atoms with E-state index in [4.69, 9.17) is 0 Å². The molecule has 0 spiro atoms. The predicted octanol–water partition coefficient (Wildman–Crippen LogP) is 36.6. The Morgan fingerprint density at radius 1 is 0.180 bits per heavy atom. The molecule has 0 N–H and O–H groups in total. The summed E-state index contributed by atoms with van der Waals surface area (Å²) >= 11 is 3.31. The zero-order valence-corrected chi connectivity index (χ0v) is 91.4. The molecule has 718 valence electrons. The number of aryl methyl sites for hydroxylation is 4. The van der Waals surface area contributed by atoms with Gasteiger partial charge in [-0.05, 0) is 77.5 Å². The minimum atomic E-state index is 1.38. The number of aromatic nitrogens is 15. The highest BCUT2D eigenvalue weighted by molar-refractivity contribution is 7.07. The van der Waals surface area contributed by atoms with Crippen LogP contribution in [0.5, 0.6) is 0 Å². The molecule has 0 aliphatic heterocycles. The Kier molecular flexibility index (Phi) is 425. The van der Waals surface area contributed by atoms with E-state index < -0.39 is 0 Å². The average molecular weight is 1750 g/mol. The Balaban J connectivity index is -0.0000000373. The lowest BCUT2D eigenvalue weighted by Gasteiger charge is -1.79. The van der Waals surface area contributed by atoms with Crippen LogP contribution in [0.1, 0.15) is 332 Å². The van der Waals surface area contributed by atoms with Crippen LogP contribution in [-0.2, 0) is 28.2 Å². The molecule has 0 aliphatic carbocycles. The van der Waals surface area contributed by atoms with Crippen molar-refractivity contribution >= 4 is 22.7 Å². The second-order valence-electron chi connectivity index (χ2n) is 13.0. The topological polar surface area (TPSA) is 188 Å². The first-order valence-corrected chi connectivity index (χ1v) is 48.0. The molecule has 0 unspecified atom stereocenters. The minimum absolute atomic E-state index is 1.38.